The Bertz CT molecular complexity index is 919. The molecule has 0 aliphatic heterocycles. The Morgan fingerprint density at radius 1 is 0.778 bits per heavy atom. The first kappa shape index (κ1) is 18.5. The van der Waals surface area contributed by atoms with Crippen LogP contribution in [-0.2, 0) is 0 Å². The van der Waals surface area contributed by atoms with Crippen LogP contribution in [0, 0.1) is 11.6 Å². The number of hydrogen-bond donors (Lipinski definition) is 2. The first-order valence-corrected chi connectivity index (χ1v) is 8.31. The van der Waals surface area contributed by atoms with Crippen LogP contribution in [0.5, 0.6) is 0 Å². The van der Waals surface area contributed by atoms with E-state index in [1.807, 2.05) is 0 Å². The van der Waals surface area contributed by atoms with Crippen LogP contribution in [-0.4, -0.2) is 11.7 Å². The fourth-order valence-corrected chi connectivity index (χ4v) is 2.47. The Morgan fingerprint density at radius 2 is 1.26 bits per heavy atom. The van der Waals surface area contributed by atoms with Gasteiger partial charge in [0.2, 0.25) is 5.96 Å². The number of nitrogens with zero attached hydrogens (tertiary/aromatic N) is 2. The Kier molecular flexibility index (Phi) is 5.78. The highest BCUT2D eigenvalue weighted by Gasteiger charge is 2.08. The minimum atomic E-state index is -0.342. The van der Waals surface area contributed by atoms with E-state index in [4.69, 9.17) is 17.5 Å². The molecule has 0 aliphatic carbocycles. The zero-order valence-electron chi connectivity index (χ0n) is 14.0. The van der Waals surface area contributed by atoms with Gasteiger partial charge in [0.1, 0.15) is 11.6 Å². The molecular weight excluding hydrogens is 370 g/mol. The zero-order chi connectivity index (χ0) is 19.2. The number of benzene rings is 3. The van der Waals surface area contributed by atoms with Crippen LogP contribution < -0.4 is 11.1 Å². The molecule has 4 nitrogen and oxygen atoms in total. The highest BCUT2D eigenvalue weighted by atomic mass is 35.5. The van der Waals surface area contributed by atoms with Crippen molar-refractivity contribution in [2.45, 2.75) is 0 Å². The number of nitrogens with two attached hydrogens (primary N) is 1. The number of rotatable bonds is 4. The molecule has 136 valence electrons. The summed E-state index contributed by atoms with van der Waals surface area (Å²) >= 11 is 5.29. The van der Waals surface area contributed by atoms with Crippen molar-refractivity contribution in [3.8, 4) is 0 Å². The van der Waals surface area contributed by atoms with Crippen molar-refractivity contribution in [3.63, 3.8) is 0 Å². The number of aliphatic imine (C=N–C) groups is 1. The number of guanidine groups is 1. The monoisotopic (exact) mass is 384 g/mol. The molecule has 3 aromatic rings. The van der Waals surface area contributed by atoms with Gasteiger partial charge < -0.3 is 11.1 Å². The van der Waals surface area contributed by atoms with Gasteiger partial charge in [-0.2, -0.15) is 0 Å². The fourth-order valence-electron chi connectivity index (χ4n) is 2.43. The lowest BCUT2D eigenvalue weighted by Crippen LogP contribution is -2.21. The second kappa shape index (κ2) is 8.42. The van der Waals surface area contributed by atoms with E-state index >= 15 is 0 Å². The maximum Gasteiger partial charge on any atom is 0.210 e. The number of nitrogens with one attached hydrogen (secondary N) is 1. The van der Waals surface area contributed by atoms with Crippen molar-refractivity contribution in [1.29, 1.82) is 0 Å². The summed E-state index contributed by atoms with van der Waals surface area (Å²) in [6.07, 6.45) is 0. The van der Waals surface area contributed by atoms with E-state index in [2.05, 4.69) is 14.8 Å². The van der Waals surface area contributed by atoms with Gasteiger partial charge in [-0.15, -0.1) is 4.51 Å². The van der Waals surface area contributed by atoms with E-state index in [0.717, 1.165) is 0 Å². The lowest BCUT2D eigenvalue weighted by Gasteiger charge is -2.09. The van der Waals surface area contributed by atoms with Gasteiger partial charge in [-0.1, -0.05) is 0 Å². The predicted octanol–water partition coefficient (Wildman–Crippen LogP) is 5.01. The van der Waals surface area contributed by atoms with E-state index in [9.17, 15) is 8.78 Å². The molecule has 0 aliphatic rings. The van der Waals surface area contributed by atoms with E-state index < -0.39 is 0 Å². The molecule has 0 radical (unpaired) electrons. The Labute approximate surface area is 160 Å². The first-order chi connectivity index (χ1) is 13.0. The van der Waals surface area contributed by atoms with Gasteiger partial charge in [0.15, 0.2) is 0 Å². The minimum absolute atomic E-state index is 0.0752. The van der Waals surface area contributed by atoms with Crippen LogP contribution in [0.1, 0.15) is 11.1 Å². The molecule has 0 saturated heterocycles. The molecule has 0 spiro atoms. The molecule has 3 N–H and O–H groups in total. The number of halogens is 3. The van der Waals surface area contributed by atoms with Crippen LogP contribution in [0.15, 0.2) is 82.3 Å². The summed E-state index contributed by atoms with van der Waals surface area (Å²) in [7, 11) is 0. The largest absolute Gasteiger partial charge is 0.369 e. The van der Waals surface area contributed by atoms with Crippen molar-refractivity contribution in [2.75, 3.05) is 5.32 Å². The third-order valence-corrected chi connectivity index (χ3v) is 3.89. The lowest BCUT2D eigenvalue weighted by molar-refractivity contribution is 0.627. The molecule has 0 heterocycles. The van der Waals surface area contributed by atoms with Gasteiger partial charge in [0, 0.05) is 28.6 Å². The summed E-state index contributed by atoms with van der Waals surface area (Å²) in [6, 6.07) is 19.0. The van der Waals surface area contributed by atoms with Crippen LogP contribution in [0.3, 0.4) is 0 Å². The van der Waals surface area contributed by atoms with Crippen molar-refractivity contribution in [3.05, 3.63) is 95.6 Å². The summed E-state index contributed by atoms with van der Waals surface area (Å²) in [5.41, 5.74) is 8.89. The SMILES string of the molecule is NC(=NCl)Nc1ccc(N=C(c2ccc(F)cc2)c2ccc(F)cc2)cc1. The first-order valence-electron chi connectivity index (χ1n) is 7.97. The summed E-state index contributed by atoms with van der Waals surface area (Å²) in [4.78, 5) is 4.66. The topological polar surface area (TPSA) is 62.8 Å². The third-order valence-electron chi connectivity index (χ3n) is 3.71. The average Bonchev–Trinajstić information content (AvgIpc) is 2.69. The molecule has 0 unspecified atom stereocenters. The number of hydrogen-bond acceptors (Lipinski definition) is 2. The second-order valence-electron chi connectivity index (χ2n) is 5.62. The fraction of sp³-hybridized carbons (Fsp3) is 0. The highest BCUT2D eigenvalue weighted by molar-refractivity contribution is 6.20. The lowest BCUT2D eigenvalue weighted by atomic mass is 10.0. The molecular formula is C20H15ClF2N4. The Balaban J connectivity index is 1.99. The van der Waals surface area contributed by atoms with Crippen LogP contribution >= 0.6 is 11.8 Å². The normalized spacial score (nSPS) is 11.1. The Hall–Kier alpha value is -3.25. The van der Waals surface area contributed by atoms with Gasteiger partial charge >= 0.3 is 0 Å². The van der Waals surface area contributed by atoms with Crippen LogP contribution in [0.2, 0.25) is 0 Å². The molecule has 0 atom stereocenters. The molecule has 3 aromatic carbocycles. The highest BCUT2D eigenvalue weighted by Crippen LogP contribution is 2.21. The second-order valence-corrected chi connectivity index (χ2v) is 5.78. The Morgan fingerprint density at radius 3 is 1.70 bits per heavy atom. The van der Waals surface area contributed by atoms with Crippen molar-refractivity contribution >= 4 is 34.8 Å². The van der Waals surface area contributed by atoms with Gasteiger partial charge in [-0.25, -0.2) is 13.8 Å². The third kappa shape index (κ3) is 4.89. The maximum atomic E-state index is 13.3. The molecule has 0 saturated carbocycles. The van der Waals surface area contributed by atoms with Crippen molar-refractivity contribution in [2.24, 2.45) is 15.2 Å². The zero-order valence-corrected chi connectivity index (χ0v) is 14.8. The van der Waals surface area contributed by atoms with E-state index in [-0.39, 0.29) is 17.6 Å². The molecule has 0 bridgehead atoms. The summed E-state index contributed by atoms with van der Waals surface area (Å²) in [6.45, 7) is 0. The molecule has 27 heavy (non-hydrogen) atoms. The predicted molar refractivity (Wildman–Crippen MR) is 106 cm³/mol. The van der Waals surface area contributed by atoms with Gasteiger partial charge in [-0.05, 0) is 72.8 Å². The van der Waals surface area contributed by atoms with Crippen LogP contribution in [0.25, 0.3) is 0 Å². The molecule has 7 heteroatoms. The molecule has 0 amide bonds. The number of anilines is 1. The van der Waals surface area contributed by atoms with E-state index in [0.29, 0.717) is 28.2 Å². The quantitative estimate of drug-likeness (QED) is 0.490. The standard InChI is InChI=1S/C20H15ClF2N4/c21-27-20(24)26-18-11-9-17(10-12-18)25-19(13-1-5-15(22)6-2-13)14-3-7-16(23)8-4-14/h1-12H,(H3,24,26,27). The van der Waals surface area contributed by atoms with Gasteiger partial charge in [0.05, 0.1) is 11.4 Å². The van der Waals surface area contributed by atoms with Crippen molar-refractivity contribution in [1.82, 2.24) is 0 Å². The molecule has 0 aromatic heterocycles. The van der Waals surface area contributed by atoms with E-state index in [1.165, 1.54) is 24.3 Å². The summed E-state index contributed by atoms with van der Waals surface area (Å²) < 4.78 is 29.9. The molecule has 3 rings (SSSR count). The summed E-state index contributed by atoms with van der Waals surface area (Å²) in [5.74, 6) is -0.608. The maximum absolute atomic E-state index is 13.3. The van der Waals surface area contributed by atoms with Gasteiger partial charge in [0.25, 0.3) is 0 Å². The minimum Gasteiger partial charge on any atom is -0.369 e. The summed E-state index contributed by atoms with van der Waals surface area (Å²) in [5, 5.41) is 2.81. The van der Waals surface area contributed by atoms with Crippen LogP contribution in [0.4, 0.5) is 20.2 Å². The van der Waals surface area contributed by atoms with E-state index in [1.54, 1.807) is 48.5 Å². The molecule has 0 fully saturated rings. The van der Waals surface area contributed by atoms with Crippen molar-refractivity contribution < 1.29 is 8.78 Å². The average molecular weight is 385 g/mol. The van der Waals surface area contributed by atoms with Gasteiger partial charge in [-0.3, -0.25) is 0 Å². The smallest absolute Gasteiger partial charge is 0.210 e.